The van der Waals surface area contributed by atoms with E-state index in [2.05, 4.69) is 0 Å². The highest BCUT2D eigenvalue weighted by molar-refractivity contribution is 6.36. The van der Waals surface area contributed by atoms with Gasteiger partial charge in [-0.05, 0) is 24.3 Å². The number of rotatable bonds is 3. The van der Waals surface area contributed by atoms with E-state index in [9.17, 15) is 18.4 Å². The largest absolute Gasteiger partial charge is 0.420 e. The zero-order valence-electron chi connectivity index (χ0n) is 10.2. The molecule has 0 saturated carbocycles. The van der Waals surface area contributed by atoms with Crippen LogP contribution in [-0.4, -0.2) is 12.3 Å². The average molecular weight is 331 g/mol. The minimum absolute atomic E-state index is 0.113. The van der Waals surface area contributed by atoms with E-state index in [1.54, 1.807) is 0 Å². The summed E-state index contributed by atoms with van der Waals surface area (Å²) < 4.78 is 31.8. The lowest BCUT2D eigenvalue weighted by atomic mass is 10.2. The molecule has 2 aromatic carbocycles. The fraction of sp³-hybridized carbons (Fsp3) is 0. The van der Waals surface area contributed by atoms with E-state index in [0.29, 0.717) is 6.29 Å². The van der Waals surface area contributed by atoms with Crippen molar-refractivity contribution in [2.24, 2.45) is 0 Å². The lowest BCUT2D eigenvalue weighted by molar-refractivity contribution is 0.0723. The highest BCUT2D eigenvalue weighted by atomic mass is 35.5. The van der Waals surface area contributed by atoms with Crippen molar-refractivity contribution in [3.63, 3.8) is 0 Å². The maximum absolute atomic E-state index is 13.5. The van der Waals surface area contributed by atoms with Crippen molar-refractivity contribution in [3.05, 3.63) is 63.1 Å². The first-order valence-electron chi connectivity index (χ1n) is 5.54. The zero-order valence-corrected chi connectivity index (χ0v) is 11.7. The highest BCUT2D eigenvalue weighted by Crippen LogP contribution is 2.32. The van der Waals surface area contributed by atoms with Gasteiger partial charge in [0.1, 0.15) is 17.2 Å². The monoisotopic (exact) mass is 330 g/mol. The molecule has 21 heavy (non-hydrogen) atoms. The molecule has 0 atom stereocenters. The van der Waals surface area contributed by atoms with Gasteiger partial charge in [0, 0.05) is 5.02 Å². The Labute approximate surface area is 128 Å². The molecule has 0 unspecified atom stereocenters. The standard InChI is InChI=1S/C14H6Cl2F2O3/c15-8-4-7(6-19)13(9(16)5-8)21-14(20)12-10(17)2-1-3-11(12)18/h1-6H. The molecular formula is C14H6Cl2F2O3. The Bertz CT molecular complexity index is 712. The van der Waals surface area contributed by atoms with Crippen LogP contribution in [0, 0.1) is 11.6 Å². The fourth-order valence-electron chi connectivity index (χ4n) is 1.61. The van der Waals surface area contributed by atoms with Crippen LogP contribution in [0.2, 0.25) is 10.0 Å². The molecule has 0 saturated heterocycles. The second-order valence-corrected chi connectivity index (χ2v) is 4.75. The number of hydrogen-bond acceptors (Lipinski definition) is 3. The van der Waals surface area contributed by atoms with Crippen LogP contribution in [0.5, 0.6) is 5.75 Å². The smallest absolute Gasteiger partial charge is 0.349 e. The van der Waals surface area contributed by atoms with Gasteiger partial charge < -0.3 is 4.74 Å². The maximum atomic E-state index is 13.5. The Kier molecular flexibility index (Phi) is 4.55. The number of aldehydes is 1. The van der Waals surface area contributed by atoms with Crippen molar-refractivity contribution < 1.29 is 23.1 Å². The van der Waals surface area contributed by atoms with E-state index in [0.717, 1.165) is 18.2 Å². The summed E-state index contributed by atoms with van der Waals surface area (Å²) >= 11 is 11.5. The third-order valence-electron chi connectivity index (χ3n) is 2.53. The molecule has 108 valence electrons. The van der Waals surface area contributed by atoms with Crippen molar-refractivity contribution in [3.8, 4) is 5.75 Å². The third-order valence-corrected chi connectivity index (χ3v) is 3.02. The van der Waals surface area contributed by atoms with E-state index < -0.39 is 23.2 Å². The molecule has 0 radical (unpaired) electrons. The number of esters is 1. The van der Waals surface area contributed by atoms with Crippen LogP contribution in [0.3, 0.4) is 0 Å². The Balaban J connectivity index is 2.43. The molecule has 7 heteroatoms. The van der Waals surface area contributed by atoms with E-state index in [1.165, 1.54) is 12.1 Å². The maximum Gasteiger partial charge on any atom is 0.349 e. The predicted molar refractivity (Wildman–Crippen MR) is 73.2 cm³/mol. The van der Waals surface area contributed by atoms with Gasteiger partial charge in [0.15, 0.2) is 12.0 Å². The molecule has 0 aromatic heterocycles. The molecule has 0 aliphatic rings. The Morgan fingerprint density at radius 3 is 2.33 bits per heavy atom. The number of halogens is 4. The molecule has 0 bridgehead atoms. The lowest BCUT2D eigenvalue weighted by Crippen LogP contribution is -2.14. The Morgan fingerprint density at radius 1 is 1.14 bits per heavy atom. The van der Waals surface area contributed by atoms with Gasteiger partial charge in [-0.1, -0.05) is 29.3 Å². The molecule has 0 spiro atoms. The summed E-state index contributed by atoms with van der Waals surface area (Å²) in [5.74, 6) is -3.79. The van der Waals surface area contributed by atoms with Crippen LogP contribution < -0.4 is 4.74 Å². The number of ether oxygens (including phenoxy) is 1. The van der Waals surface area contributed by atoms with Gasteiger partial charge in [-0.2, -0.15) is 0 Å². The van der Waals surface area contributed by atoms with Crippen molar-refractivity contribution >= 4 is 35.5 Å². The van der Waals surface area contributed by atoms with Gasteiger partial charge in [-0.3, -0.25) is 4.79 Å². The summed E-state index contributed by atoms with van der Waals surface area (Å²) in [4.78, 5) is 22.8. The van der Waals surface area contributed by atoms with Crippen LogP contribution >= 0.6 is 23.2 Å². The summed E-state index contributed by atoms with van der Waals surface area (Å²) in [5, 5.41) is 0.0219. The second kappa shape index (κ2) is 6.20. The molecule has 3 nitrogen and oxygen atoms in total. The lowest BCUT2D eigenvalue weighted by Gasteiger charge is -2.10. The van der Waals surface area contributed by atoms with Gasteiger partial charge >= 0.3 is 5.97 Å². The molecule has 2 rings (SSSR count). The van der Waals surface area contributed by atoms with Crippen LogP contribution in [0.15, 0.2) is 30.3 Å². The van der Waals surface area contributed by atoms with Crippen molar-refractivity contribution in [2.75, 3.05) is 0 Å². The van der Waals surface area contributed by atoms with Crippen molar-refractivity contribution in [1.82, 2.24) is 0 Å². The van der Waals surface area contributed by atoms with Crippen LogP contribution in [-0.2, 0) is 0 Å². The van der Waals surface area contributed by atoms with E-state index in [1.807, 2.05) is 0 Å². The van der Waals surface area contributed by atoms with Crippen molar-refractivity contribution in [2.45, 2.75) is 0 Å². The topological polar surface area (TPSA) is 43.4 Å². The minimum Gasteiger partial charge on any atom is -0.420 e. The molecule has 0 amide bonds. The predicted octanol–water partition coefficient (Wildman–Crippen LogP) is 4.30. The first-order valence-corrected chi connectivity index (χ1v) is 6.30. The average Bonchev–Trinajstić information content (AvgIpc) is 2.41. The molecule has 0 heterocycles. The van der Waals surface area contributed by atoms with Gasteiger partial charge in [0.2, 0.25) is 0 Å². The van der Waals surface area contributed by atoms with Crippen LogP contribution in [0.4, 0.5) is 8.78 Å². The Morgan fingerprint density at radius 2 is 1.76 bits per heavy atom. The zero-order chi connectivity index (χ0) is 15.6. The summed E-state index contributed by atoms with van der Waals surface area (Å²) in [5.41, 5.74) is -0.988. The first kappa shape index (κ1) is 15.4. The molecule has 2 aromatic rings. The normalized spacial score (nSPS) is 10.3. The van der Waals surface area contributed by atoms with Gasteiger partial charge in [-0.15, -0.1) is 0 Å². The van der Waals surface area contributed by atoms with E-state index >= 15 is 0 Å². The number of hydrogen-bond donors (Lipinski definition) is 0. The third kappa shape index (κ3) is 3.20. The number of benzene rings is 2. The summed E-state index contributed by atoms with van der Waals surface area (Å²) in [6, 6.07) is 5.36. The van der Waals surface area contributed by atoms with Gasteiger partial charge in [0.25, 0.3) is 0 Å². The van der Waals surface area contributed by atoms with Crippen LogP contribution in [0.25, 0.3) is 0 Å². The van der Waals surface area contributed by atoms with Gasteiger partial charge in [-0.25, -0.2) is 13.6 Å². The van der Waals surface area contributed by atoms with Crippen molar-refractivity contribution in [1.29, 1.82) is 0 Å². The van der Waals surface area contributed by atoms with Gasteiger partial charge in [0.05, 0.1) is 10.6 Å². The Hall–Kier alpha value is -1.98. The summed E-state index contributed by atoms with van der Waals surface area (Å²) in [6.07, 6.45) is 0.359. The minimum atomic E-state index is -1.31. The van der Waals surface area contributed by atoms with E-state index in [-0.39, 0.29) is 21.4 Å². The summed E-state index contributed by atoms with van der Waals surface area (Å²) in [6.45, 7) is 0. The molecular weight excluding hydrogens is 325 g/mol. The first-order chi connectivity index (χ1) is 9.93. The number of carbonyl (C=O) groups excluding carboxylic acids is 2. The molecule has 0 aliphatic heterocycles. The molecule has 0 fully saturated rings. The number of carbonyl (C=O) groups is 2. The van der Waals surface area contributed by atoms with E-state index in [4.69, 9.17) is 27.9 Å². The highest BCUT2D eigenvalue weighted by Gasteiger charge is 2.22. The quantitative estimate of drug-likeness (QED) is 0.478. The molecule has 0 aliphatic carbocycles. The molecule has 0 N–H and O–H groups in total. The SMILES string of the molecule is O=Cc1cc(Cl)cc(Cl)c1OC(=O)c1c(F)cccc1F. The fourth-order valence-corrected chi connectivity index (χ4v) is 2.16. The summed E-state index contributed by atoms with van der Waals surface area (Å²) in [7, 11) is 0. The second-order valence-electron chi connectivity index (χ2n) is 3.91. The van der Waals surface area contributed by atoms with Crippen LogP contribution in [0.1, 0.15) is 20.7 Å².